The lowest BCUT2D eigenvalue weighted by Crippen LogP contribution is -2.56. The van der Waals surface area contributed by atoms with E-state index in [0.717, 1.165) is 24.2 Å². The maximum atomic E-state index is 13.1. The van der Waals surface area contributed by atoms with Crippen molar-refractivity contribution in [2.75, 3.05) is 0 Å². The Hall–Kier alpha value is -1.36. The van der Waals surface area contributed by atoms with Crippen LogP contribution >= 0.6 is 0 Å². The monoisotopic (exact) mass is 447 g/mol. The van der Waals surface area contributed by atoms with Gasteiger partial charge in [-0.05, 0) is 112 Å². The van der Waals surface area contributed by atoms with Crippen LogP contribution in [-0.4, -0.2) is 5.78 Å². The van der Waals surface area contributed by atoms with Crippen LogP contribution in [0, 0.1) is 62.1 Å². The molecule has 4 saturated carbocycles. The zero-order valence-corrected chi connectivity index (χ0v) is 22.2. The molecule has 33 heavy (non-hydrogen) atoms. The quantitative estimate of drug-likeness (QED) is 0.409. The average Bonchev–Trinajstić information content (AvgIpc) is 3.32. The molecule has 0 unspecified atom stereocenters. The topological polar surface area (TPSA) is 40.9 Å². The first-order valence-corrected chi connectivity index (χ1v) is 13.7. The van der Waals surface area contributed by atoms with Crippen LogP contribution in [0.15, 0.2) is 23.3 Å². The van der Waals surface area contributed by atoms with Crippen molar-refractivity contribution in [2.24, 2.45) is 50.7 Å². The maximum absolute atomic E-state index is 13.1. The van der Waals surface area contributed by atoms with E-state index in [2.05, 4.69) is 66.7 Å². The van der Waals surface area contributed by atoms with Gasteiger partial charge in [0.1, 0.15) is 6.07 Å². The molecule has 2 nitrogen and oxygen atoms in total. The van der Waals surface area contributed by atoms with Crippen LogP contribution in [0.25, 0.3) is 0 Å². The van der Waals surface area contributed by atoms with Crippen molar-refractivity contribution in [3.05, 3.63) is 23.3 Å². The Kier molecular flexibility index (Phi) is 5.02. The minimum Gasteiger partial charge on any atom is -0.293 e. The fourth-order valence-corrected chi connectivity index (χ4v) is 10.7. The van der Waals surface area contributed by atoms with Crippen LogP contribution in [-0.2, 0) is 4.79 Å². The van der Waals surface area contributed by atoms with Crippen LogP contribution in [0.3, 0.4) is 0 Å². The molecule has 0 heterocycles. The number of ketones is 1. The second-order valence-corrected chi connectivity index (χ2v) is 14.1. The SMILES string of the molecule is CC(C)=CCC[C@@H](C)[C@H]1CC[C@@]2(C)[C@@H]3CC[C@H]4C(C)(C)C(=O)C(C#N)=C[C@@]45C[C@@]35CC[C@]12C. The molecule has 0 saturated heterocycles. The van der Waals surface area contributed by atoms with E-state index >= 15 is 0 Å². The number of allylic oxidation sites excluding steroid dienone is 4. The second kappa shape index (κ2) is 7.08. The first kappa shape index (κ1) is 23.4. The highest BCUT2D eigenvalue weighted by atomic mass is 16.1. The summed E-state index contributed by atoms with van der Waals surface area (Å²) in [4.78, 5) is 13.1. The van der Waals surface area contributed by atoms with Gasteiger partial charge in [-0.15, -0.1) is 0 Å². The molecule has 0 radical (unpaired) electrons. The van der Waals surface area contributed by atoms with E-state index < -0.39 is 5.41 Å². The molecule has 0 amide bonds. The summed E-state index contributed by atoms with van der Waals surface area (Å²) in [5.41, 5.74) is 2.77. The molecule has 4 fully saturated rings. The van der Waals surface area contributed by atoms with Crippen LogP contribution in [0.1, 0.15) is 106 Å². The Balaban J connectivity index is 1.47. The second-order valence-electron chi connectivity index (χ2n) is 14.1. The molecule has 8 atom stereocenters. The van der Waals surface area contributed by atoms with Gasteiger partial charge in [-0.2, -0.15) is 5.26 Å². The van der Waals surface area contributed by atoms with Crippen molar-refractivity contribution < 1.29 is 4.79 Å². The molecule has 0 N–H and O–H groups in total. The van der Waals surface area contributed by atoms with Crippen molar-refractivity contribution >= 4 is 5.78 Å². The molecule has 0 aromatic rings. The summed E-state index contributed by atoms with van der Waals surface area (Å²) in [5.74, 6) is 2.86. The Bertz CT molecular complexity index is 975. The molecule has 0 aromatic heterocycles. The average molecular weight is 448 g/mol. The van der Waals surface area contributed by atoms with Gasteiger partial charge in [0.15, 0.2) is 5.78 Å². The fourth-order valence-electron chi connectivity index (χ4n) is 10.7. The number of carbonyl (C=O) groups is 1. The molecule has 0 aromatic carbocycles. The summed E-state index contributed by atoms with van der Waals surface area (Å²) in [7, 11) is 0. The molecule has 5 aliphatic carbocycles. The lowest BCUT2D eigenvalue weighted by molar-refractivity contribution is -0.142. The van der Waals surface area contributed by atoms with E-state index in [-0.39, 0.29) is 11.2 Å². The van der Waals surface area contributed by atoms with E-state index in [1.807, 2.05) is 0 Å². The largest absolute Gasteiger partial charge is 0.293 e. The van der Waals surface area contributed by atoms with Gasteiger partial charge < -0.3 is 0 Å². The van der Waals surface area contributed by atoms with E-state index in [1.165, 1.54) is 56.9 Å². The van der Waals surface area contributed by atoms with Crippen molar-refractivity contribution in [1.29, 1.82) is 5.26 Å². The van der Waals surface area contributed by atoms with Gasteiger partial charge in [-0.1, -0.05) is 52.3 Å². The Morgan fingerprint density at radius 1 is 1.09 bits per heavy atom. The van der Waals surface area contributed by atoms with Crippen molar-refractivity contribution in [1.82, 2.24) is 0 Å². The summed E-state index contributed by atoms with van der Waals surface area (Å²) in [6, 6.07) is 2.31. The van der Waals surface area contributed by atoms with Crippen LogP contribution in [0.4, 0.5) is 0 Å². The minimum atomic E-state index is -0.395. The van der Waals surface area contributed by atoms with Crippen LogP contribution in [0.2, 0.25) is 0 Å². The normalized spacial score (nSPS) is 47.8. The smallest absolute Gasteiger partial charge is 0.178 e. The molecule has 5 aliphatic rings. The molecule has 5 rings (SSSR count). The summed E-state index contributed by atoms with van der Waals surface area (Å²) >= 11 is 0. The Morgan fingerprint density at radius 3 is 2.45 bits per heavy atom. The zero-order valence-electron chi connectivity index (χ0n) is 22.2. The van der Waals surface area contributed by atoms with E-state index in [1.54, 1.807) is 0 Å². The zero-order chi connectivity index (χ0) is 24.0. The Morgan fingerprint density at radius 2 is 1.79 bits per heavy atom. The van der Waals surface area contributed by atoms with E-state index in [0.29, 0.717) is 27.7 Å². The third-order valence-electron chi connectivity index (χ3n) is 12.5. The van der Waals surface area contributed by atoms with Gasteiger partial charge in [0, 0.05) is 10.8 Å². The standard InChI is InChI=1S/C31H45NO/c1-20(2)9-8-10-21(3)23-13-14-29(7)25-12-11-24-27(4,5)26(33)22(18-32)17-31(24)19-30(25,31)16-15-28(23,29)6/h9,17,21,23-25H,8,10-16,19H2,1-7H3/t21-,23-,24+,25+,28-,29+,30+,31-/m1/s1. The highest BCUT2D eigenvalue weighted by molar-refractivity contribution is 6.04. The molecule has 0 bridgehead atoms. The van der Waals surface area contributed by atoms with E-state index in [9.17, 15) is 10.1 Å². The highest BCUT2D eigenvalue weighted by Gasteiger charge is 2.82. The lowest BCUT2D eigenvalue weighted by Gasteiger charge is -2.62. The van der Waals surface area contributed by atoms with Gasteiger partial charge in [0.2, 0.25) is 0 Å². The van der Waals surface area contributed by atoms with E-state index in [4.69, 9.17) is 0 Å². The van der Waals surface area contributed by atoms with Crippen LogP contribution < -0.4 is 0 Å². The number of fused-ring (bicyclic) bond motifs is 2. The van der Waals surface area contributed by atoms with Crippen LogP contribution in [0.5, 0.6) is 0 Å². The highest BCUT2D eigenvalue weighted by Crippen LogP contribution is 2.88. The molecule has 180 valence electrons. The van der Waals surface area contributed by atoms with Gasteiger partial charge in [-0.3, -0.25) is 4.79 Å². The third kappa shape index (κ3) is 2.75. The van der Waals surface area contributed by atoms with Crippen molar-refractivity contribution in [2.45, 2.75) is 106 Å². The van der Waals surface area contributed by atoms with Gasteiger partial charge in [-0.25, -0.2) is 0 Å². The van der Waals surface area contributed by atoms with Crippen molar-refractivity contribution in [3.8, 4) is 6.07 Å². The fraction of sp³-hybridized carbons (Fsp3) is 0.806. The predicted octanol–water partition coefficient (Wildman–Crippen LogP) is 8.05. The molecular weight excluding hydrogens is 402 g/mol. The summed E-state index contributed by atoms with van der Waals surface area (Å²) in [5, 5.41) is 9.81. The number of carbonyl (C=O) groups excluding carboxylic acids is 1. The number of rotatable bonds is 4. The summed E-state index contributed by atoms with van der Waals surface area (Å²) in [6.45, 7) is 16.5. The Labute approximate surface area is 202 Å². The number of Topliss-reactive ketones (excluding diaryl/α,β-unsaturated/α-hetero) is 1. The van der Waals surface area contributed by atoms with Gasteiger partial charge in [0.25, 0.3) is 0 Å². The predicted molar refractivity (Wildman–Crippen MR) is 134 cm³/mol. The lowest BCUT2D eigenvalue weighted by atomic mass is 9.42. The molecular formula is C31H45NO. The maximum Gasteiger partial charge on any atom is 0.178 e. The first-order chi connectivity index (χ1) is 15.4. The summed E-state index contributed by atoms with van der Waals surface area (Å²) in [6.07, 6.45) is 16.2. The van der Waals surface area contributed by atoms with Crippen molar-refractivity contribution in [3.63, 3.8) is 0 Å². The minimum absolute atomic E-state index is 0.0964. The molecule has 2 heteroatoms. The molecule has 2 spiro atoms. The summed E-state index contributed by atoms with van der Waals surface area (Å²) < 4.78 is 0. The van der Waals surface area contributed by atoms with Gasteiger partial charge >= 0.3 is 0 Å². The number of nitrogens with zero attached hydrogens (tertiary/aromatic N) is 1. The molecule has 0 aliphatic heterocycles. The first-order valence-electron chi connectivity index (χ1n) is 13.7. The third-order valence-corrected chi connectivity index (χ3v) is 12.5. The number of hydrogen-bond donors (Lipinski definition) is 0. The number of nitriles is 1. The number of hydrogen-bond acceptors (Lipinski definition) is 2. The van der Waals surface area contributed by atoms with Gasteiger partial charge in [0.05, 0.1) is 5.57 Å².